The number of halogens is 1. The van der Waals surface area contributed by atoms with Crippen LogP contribution in [0.3, 0.4) is 0 Å². The molecule has 8 heteroatoms. The number of hydrogen-bond donors (Lipinski definition) is 2. The molecule has 1 amide bonds. The number of benzene rings is 1. The predicted octanol–water partition coefficient (Wildman–Crippen LogP) is 0.649. The fourth-order valence-electron chi connectivity index (χ4n) is 2.87. The van der Waals surface area contributed by atoms with Crippen molar-refractivity contribution in [3.05, 3.63) is 47.8 Å². The van der Waals surface area contributed by atoms with Crippen molar-refractivity contribution in [2.24, 2.45) is 0 Å². The molecule has 1 heterocycles. The zero-order chi connectivity index (χ0) is 17.3. The quantitative estimate of drug-likeness (QED) is 0.778. The maximum Gasteiger partial charge on any atom is 0.251 e. The molecular formula is C16H19FN2O4S. The Labute approximate surface area is 140 Å². The van der Waals surface area contributed by atoms with Crippen LogP contribution < -0.4 is 5.32 Å². The minimum atomic E-state index is -3.51. The van der Waals surface area contributed by atoms with Crippen LogP contribution in [0, 0.1) is 5.82 Å². The molecule has 0 bridgehead atoms. The number of aliphatic hydroxyl groups excluding tert-OH is 1. The van der Waals surface area contributed by atoms with Gasteiger partial charge in [-0.2, -0.15) is 4.31 Å². The molecule has 3 rings (SSSR count). The van der Waals surface area contributed by atoms with Gasteiger partial charge in [0.15, 0.2) is 0 Å². The van der Waals surface area contributed by atoms with Crippen molar-refractivity contribution < 1.29 is 22.7 Å². The number of hydrogen-bond acceptors (Lipinski definition) is 4. The van der Waals surface area contributed by atoms with Crippen LogP contribution in [0.2, 0.25) is 0 Å². The van der Waals surface area contributed by atoms with Gasteiger partial charge in [0.05, 0.1) is 11.4 Å². The topological polar surface area (TPSA) is 86.7 Å². The van der Waals surface area contributed by atoms with Gasteiger partial charge in [-0.25, -0.2) is 12.8 Å². The standard InChI is InChI=1S/C16H19FN2O4S/c17-12-6-4-11(5-7-12)16(21)18-13-2-1-3-15(8-13)24(22,23)19-9-14(20)10-19/h1,3-7,13-15,20H,2,8-10H2,(H,18,21). The van der Waals surface area contributed by atoms with Crippen LogP contribution >= 0.6 is 0 Å². The summed E-state index contributed by atoms with van der Waals surface area (Å²) in [7, 11) is -3.51. The van der Waals surface area contributed by atoms with Gasteiger partial charge in [-0.3, -0.25) is 4.79 Å². The fourth-order valence-corrected chi connectivity index (χ4v) is 4.80. The largest absolute Gasteiger partial charge is 0.390 e. The number of nitrogens with one attached hydrogen (secondary N) is 1. The molecule has 2 aliphatic rings. The lowest BCUT2D eigenvalue weighted by molar-refractivity contribution is 0.0542. The lowest BCUT2D eigenvalue weighted by Gasteiger charge is -2.38. The Balaban J connectivity index is 1.63. The Hall–Kier alpha value is -1.77. The van der Waals surface area contributed by atoms with Gasteiger partial charge in [0, 0.05) is 24.7 Å². The second kappa shape index (κ2) is 6.62. The molecule has 2 N–H and O–H groups in total. The molecule has 24 heavy (non-hydrogen) atoms. The van der Waals surface area contributed by atoms with Gasteiger partial charge in [0.1, 0.15) is 5.82 Å². The number of rotatable bonds is 4. The van der Waals surface area contributed by atoms with Crippen LogP contribution in [0.4, 0.5) is 4.39 Å². The van der Waals surface area contributed by atoms with Crippen molar-refractivity contribution in [3.63, 3.8) is 0 Å². The molecule has 1 aromatic rings. The van der Waals surface area contributed by atoms with E-state index in [1.807, 2.05) is 0 Å². The van der Waals surface area contributed by atoms with Crippen molar-refractivity contribution in [2.45, 2.75) is 30.2 Å². The Kier molecular flexibility index (Phi) is 4.71. The Morgan fingerprint density at radius 2 is 1.92 bits per heavy atom. The molecule has 2 atom stereocenters. The highest BCUT2D eigenvalue weighted by molar-refractivity contribution is 7.90. The lowest BCUT2D eigenvalue weighted by atomic mass is 10.0. The van der Waals surface area contributed by atoms with E-state index >= 15 is 0 Å². The maximum atomic E-state index is 12.9. The number of nitrogens with zero attached hydrogens (tertiary/aromatic N) is 1. The summed E-state index contributed by atoms with van der Waals surface area (Å²) in [6.45, 7) is 0.249. The maximum absolute atomic E-state index is 12.9. The first-order valence-electron chi connectivity index (χ1n) is 7.76. The summed E-state index contributed by atoms with van der Waals surface area (Å²) in [5, 5.41) is 11.4. The molecule has 130 valence electrons. The van der Waals surface area contributed by atoms with Gasteiger partial charge in [0.25, 0.3) is 5.91 Å². The van der Waals surface area contributed by atoms with E-state index in [0.29, 0.717) is 12.0 Å². The van der Waals surface area contributed by atoms with Crippen molar-refractivity contribution >= 4 is 15.9 Å². The first-order chi connectivity index (χ1) is 11.4. The van der Waals surface area contributed by atoms with E-state index in [2.05, 4.69) is 5.32 Å². The van der Waals surface area contributed by atoms with E-state index in [4.69, 9.17) is 0 Å². The Bertz CT molecular complexity index is 742. The van der Waals surface area contributed by atoms with Gasteiger partial charge < -0.3 is 10.4 Å². The minimum absolute atomic E-state index is 0.124. The Morgan fingerprint density at radius 1 is 1.25 bits per heavy atom. The van der Waals surface area contributed by atoms with Crippen molar-refractivity contribution in [1.82, 2.24) is 9.62 Å². The van der Waals surface area contributed by atoms with Crippen molar-refractivity contribution in [3.8, 4) is 0 Å². The third-order valence-electron chi connectivity index (χ3n) is 4.30. The highest BCUT2D eigenvalue weighted by Crippen LogP contribution is 2.25. The molecule has 0 spiro atoms. The zero-order valence-corrected chi connectivity index (χ0v) is 13.7. The van der Waals surface area contributed by atoms with E-state index in [9.17, 15) is 22.7 Å². The van der Waals surface area contributed by atoms with E-state index in [0.717, 1.165) is 0 Å². The van der Waals surface area contributed by atoms with Gasteiger partial charge in [-0.1, -0.05) is 12.2 Å². The molecule has 0 saturated carbocycles. The van der Waals surface area contributed by atoms with Gasteiger partial charge in [0.2, 0.25) is 10.0 Å². The average molecular weight is 354 g/mol. The fraction of sp³-hybridized carbons (Fsp3) is 0.438. The zero-order valence-electron chi connectivity index (χ0n) is 12.9. The number of amides is 1. The van der Waals surface area contributed by atoms with E-state index in [1.54, 1.807) is 12.2 Å². The molecule has 0 radical (unpaired) electrons. The normalized spacial score (nSPS) is 25.2. The minimum Gasteiger partial charge on any atom is -0.390 e. The molecule has 6 nitrogen and oxygen atoms in total. The highest BCUT2D eigenvalue weighted by atomic mass is 32.2. The van der Waals surface area contributed by atoms with Crippen LogP contribution in [-0.4, -0.2) is 54.2 Å². The van der Waals surface area contributed by atoms with Crippen molar-refractivity contribution in [2.75, 3.05) is 13.1 Å². The predicted molar refractivity (Wildman–Crippen MR) is 86.3 cm³/mol. The number of aliphatic hydroxyl groups is 1. The first kappa shape index (κ1) is 17.1. The van der Waals surface area contributed by atoms with E-state index in [-0.39, 0.29) is 31.5 Å². The van der Waals surface area contributed by atoms with Crippen LogP contribution in [-0.2, 0) is 10.0 Å². The molecule has 1 aliphatic carbocycles. The molecule has 1 aliphatic heterocycles. The van der Waals surface area contributed by atoms with Gasteiger partial charge in [-0.15, -0.1) is 0 Å². The van der Waals surface area contributed by atoms with Gasteiger partial charge >= 0.3 is 0 Å². The molecular weight excluding hydrogens is 335 g/mol. The summed E-state index contributed by atoms with van der Waals surface area (Å²) in [5.74, 6) is -0.777. The highest BCUT2D eigenvalue weighted by Gasteiger charge is 2.40. The summed E-state index contributed by atoms with van der Waals surface area (Å²) >= 11 is 0. The first-order valence-corrected chi connectivity index (χ1v) is 9.26. The molecule has 1 saturated heterocycles. The van der Waals surface area contributed by atoms with Crippen LogP contribution in [0.25, 0.3) is 0 Å². The average Bonchev–Trinajstić information content (AvgIpc) is 2.52. The number of sulfonamides is 1. The number of β-amino-alcohol motifs (C(OH)–C–C–N with tert-alkyl or cyclic N) is 1. The number of carbonyl (C=O) groups excluding carboxylic acids is 1. The summed E-state index contributed by atoms with van der Waals surface area (Å²) in [4.78, 5) is 12.2. The van der Waals surface area contributed by atoms with Crippen LogP contribution in [0.5, 0.6) is 0 Å². The van der Waals surface area contributed by atoms with E-state index in [1.165, 1.54) is 28.6 Å². The molecule has 0 aromatic heterocycles. The molecule has 1 aromatic carbocycles. The number of carbonyl (C=O) groups is 1. The van der Waals surface area contributed by atoms with Gasteiger partial charge in [-0.05, 0) is 37.1 Å². The second-order valence-electron chi connectivity index (χ2n) is 6.13. The second-order valence-corrected chi connectivity index (χ2v) is 8.28. The summed E-state index contributed by atoms with van der Waals surface area (Å²) in [6, 6.07) is 4.88. The molecule has 1 fully saturated rings. The smallest absolute Gasteiger partial charge is 0.251 e. The SMILES string of the molecule is O=C(NC1CC=CC(S(=O)(=O)N2CC(O)C2)C1)c1ccc(F)cc1. The summed E-state index contributed by atoms with van der Waals surface area (Å²) in [5.41, 5.74) is 0.330. The third kappa shape index (κ3) is 3.50. The van der Waals surface area contributed by atoms with E-state index < -0.39 is 27.2 Å². The van der Waals surface area contributed by atoms with Crippen LogP contribution in [0.1, 0.15) is 23.2 Å². The molecule has 2 unspecified atom stereocenters. The summed E-state index contributed by atoms with van der Waals surface area (Å²) < 4.78 is 39.1. The van der Waals surface area contributed by atoms with Crippen molar-refractivity contribution in [1.29, 1.82) is 0 Å². The summed E-state index contributed by atoms with van der Waals surface area (Å²) in [6.07, 6.45) is 3.61. The third-order valence-corrected chi connectivity index (χ3v) is 6.43. The monoisotopic (exact) mass is 354 g/mol. The Morgan fingerprint density at radius 3 is 2.54 bits per heavy atom. The van der Waals surface area contributed by atoms with Crippen LogP contribution in [0.15, 0.2) is 36.4 Å². The lowest BCUT2D eigenvalue weighted by Crippen LogP contribution is -2.56.